The van der Waals surface area contributed by atoms with Crippen molar-refractivity contribution >= 4 is 17.5 Å². The van der Waals surface area contributed by atoms with Gasteiger partial charge in [-0.3, -0.25) is 9.59 Å². The molecule has 0 aromatic heterocycles. The number of nitrogens with one attached hydrogen (secondary N) is 2. The summed E-state index contributed by atoms with van der Waals surface area (Å²) >= 11 is 0. The zero-order valence-corrected chi connectivity index (χ0v) is 10.7. The van der Waals surface area contributed by atoms with E-state index >= 15 is 0 Å². The van der Waals surface area contributed by atoms with E-state index in [1.165, 1.54) is 12.1 Å². The molecule has 0 radical (unpaired) electrons. The molecule has 0 heterocycles. The van der Waals surface area contributed by atoms with Gasteiger partial charge < -0.3 is 10.6 Å². The average Bonchev–Trinajstić information content (AvgIpc) is 2.30. The first-order valence-electron chi connectivity index (χ1n) is 5.75. The minimum absolute atomic E-state index is 0.263. The SMILES string of the molecule is Cc1ccc(NC(=O)C(=O)NCC(C)C)cc1F. The first-order valence-corrected chi connectivity index (χ1v) is 5.75. The highest BCUT2D eigenvalue weighted by Gasteiger charge is 2.14. The Labute approximate surface area is 106 Å². The number of rotatable bonds is 3. The van der Waals surface area contributed by atoms with E-state index in [-0.39, 0.29) is 11.6 Å². The van der Waals surface area contributed by atoms with Crippen LogP contribution in [-0.2, 0) is 9.59 Å². The number of anilines is 1. The van der Waals surface area contributed by atoms with Gasteiger partial charge in [0.05, 0.1) is 0 Å². The van der Waals surface area contributed by atoms with E-state index in [2.05, 4.69) is 10.6 Å². The average molecular weight is 252 g/mol. The first-order chi connectivity index (χ1) is 8.40. The van der Waals surface area contributed by atoms with Crippen LogP contribution in [0.3, 0.4) is 0 Å². The maximum atomic E-state index is 13.2. The molecule has 1 aromatic rings. The van der Waals surface area contributed by atoms with Gasteiger partial charge in [-0.05, 0) is 30.5 Å². The van der Waals surface area contributed by atoms with Crippen LogP contribution in [0.25, 0.3) is 0 Å². The van der Waals surface area contributed by atoms with Gasteiger partial charge in [0.15, 0.2) is 0 Å². The van der Waals surface area contributed by atoms with E-state index in [1.807, 2.05) is 13.8 Å². The van der Waals surface area contributed by atoms with Gasteiger partial charge in [0.2, 0.25) is 0 Å². The topological polar surface area (TPSA) is 58.2 Å². The number of amides is 2. The van der Waals surface area contributed by atoms with Crippen LogP contribution in [0, 0.1) is 18.7 Å². The number of halogens is 1. The molecule has 18 heavy (non-hydrogen) atoms. The monoisotopic (exact) mass is 252 g/mol. The molecule has 0 aliphatic heterocycles. The van der Waals surface area contributed by atoms with Gasteiger partial charge in [-0.15, -0.1) is 0 Å². The quantitative estimate of drug-likeness (QED) is 0.806. The third-order valence-electron chi connectivity index (χ3n) is 2.31. The van der Waals surface area contributed by atoms with Crippen molar-refractivity contribution in [3.63, 3.8) is 0 Å². The van der Waals surface area contributed by atoms with Crippen LogP contribution < -0.4 is 10.6 Å². The number of carbonyl (C=O) groups is 2. The molecule has 4 nitrogen and oxygen atoms in total. The van der Waals surface area contributed by atoms with Crippen molar-refractivity contribution in [1.82, 2.24) is 5.32 Å². The number of aryl methyl sites for hydroxylation is 1. The van der Waals surface area contributed by atoms with Crippen molar-refractivity contribution in [2.75, 3.05) is 11.9 Å². The second kappa shape index (κ2) is 6.14. The Kier molecular flexibility index (Phi) is 4.83. The molecule has 0 unspecified atom stereocenters. The predicted octanol–water partition coefficient (Wildman–Crippen LogP) is 1.84. The van der Waals surface area contributed by atoms with Gasteiger partial charge >= 0.3 is 11.8 Å². The highest BCUT2D eigenvalue weighted by Crippen LogP contribution is 2.13. The maximum Gasteiger partial charge on any atom is 0.313 e. The summed E-state index contributed by atoms with van der Waals surface area (Å²) in [5, 5.41) is 4.83. The summed E-state index contributed by atoms with van der Waals surface area (Å²) < 4.78 is 13.2. The standard InChI is InChI=1S/C13H17FN2O2/c1-8(2)7-15-12(17)13(18)16-10-5-4-9(3)11(14)6-10/h4-6,8H,7H2,1-3H3,(H,15,17)(H,16,18). The van der Waals surface area contributed by atoms with Gasteiger partial charge in [0.1, 0.15) is 5.82 Å². The van der Waals surface area contributed by atoms with Gasteiger partial charge in [-0.25, -0.2) is 4.39 Å². The van der Waals surface area contributed by atoms with Crippen LogP contribution in [0.5, 0.6) is 0 Å². The molecule has 0 saturated carbocycles. The molecule has 1 aromatic carbocycles. The summed E-state index contributed by atoms with van der Waals surface area (Å²) in [5.74, 6) is -1.67. The van der Waals surface area contributed by atoms with Gasteiger partial charge in [-0.1, -0.05) is 19.9 Å². The zero-order valence-electron chi connectivity index (χ0n) is 10.7. The summed E-state index contributed by atoms with van der Waals surface area (Å²) in [6, 6.07) is 4.27. The van der Waals surface area contributed by atoms with Gasteiger partial charge in [-0.2, -0.15) is 0 Å². The van der Waals surface area contributed by atoms with Gasteiger partial charge in [0, 0.05) is 12.2 Å². The largest absolute Gasteiger partial charge is 0.348 e. The molecule has 0 aliphatic rings. The normalized spacial score (nSPS) is 10.3. The lowest BCUT2D eigenvalue weighted by atomic mass is 10.2. The minimum atomic E-state index is -0.793. The Bertz CT molecular complexity index is 458. The zero-order chi connectivity index (χ0) is 13.7. The van der Waals surface area contributed by atoms with Crippen molar-refractivity contribution < 1.29 is 14.0 Å². The van der Waals surface area contributed by atoms with E-state index in [9.17, 15) is 14.0 Å². The van der Waals surface area contributed by atoms with E-state index in [0.717, 1.165) is 0 Å². The fourth-order valence-electron chi connectivity index (χ4n) is 1.24. The second-order valence-electron chi connectivity index (χ2n) is 4.52. The summed E-state index contributed by atoms with van der Waals surface area (Å²) in [6.45, 7) is 5.89. The van der Waals surface area contributed by atoms with Crippen molar-refractivity contribution in [2.45, 2.75) is 20.8 Å². The van der Waals surface area contributed by atoms with Gasteiger partial charge in [0.25, 0.3) is 0 Å². The molecule has 98 valence electrons. The lowest BCUT2D eigenvalue weighted by molar-refractivity contribution is -0.136. The van der Waals surface area contributed by atoms with Crippen LogP contribution in [0.1, 0.15) is 19.4 Å². The molecule has 0 aliphatic carbocycles. The highest BCUT2D eigenvalue weighted by molar-refractivity contribution is 6.39. The molecule has 0 fully saturated rings. The minimum Gasteiger partial charge on any atom is -0.348 e. The lowest BCUT2D eigenvalue weighted by Gasteiger charge is -2.08. The molecular weight excluding hydrogens is 235 g/mol. The maximum absolute atomic E-state index is 13.2. The van der Waals surface area contributed by atoms with Crippen LogP contribution in [-0.4, -0.2) is 18.4 Å². The van der Waals surface area contributed by atoms with Crippen molar-refractivity contribution in [2.24, 2.45) is 5.92 Å². The summed E-state index contributed by atoms with van der Waals surface area (Å²) in [6.07, 6.45) is 0. The highest BCUT2D eigenvalue weighted by atomic mass is 19.1. The molecule has 2 N–H and O–H groups in total. The van der Waals surface area contributed by atoms with Crippen LogP contribution in [0.4, 0.5) is 10.1 Å². The Morgan fingerprint density at radius 1 is 1.28 bits per heavy atom. The summed E-state index contributed by atoms with van der Waals surface area (Å²) in [7, 11) is 0. The van der Waals surface area contributed by atoms with Crippen LogP contribution in [0.2, 0.25) is 0 Å². The Balaban J connectivity index is 2.58. The number of benzene rings is 1. The Morgan fingerprint density at radius 3 is 2.50 bits per heavy atom. The third kappa shape index (κ3) is 4.16. The summed E-state index contributed by atoms with van der Waals surface area (Å²) in [4.78, 5) is 22.9. The molecule has 5 heteroatoms. The Morgan fingerprint density at radius 2 is 1.94 bits per heavy atom. The van der Waals surface area contributed by atoms with E-state index in [0.29, 0.717) is 12.1 Å². The smallest absolute Gasteiger partial charge is 0.313 e. The number of hydrogen-bond acceptors (Lipinski definition) is 2. The first kappa shape index (κ1) is 14.2. The predicted molar refractivity (Wildman–Crippen MR) is 67.6 cm³/mol. The Hall–Kier alpha value is -1.91. The van der Waals surface area contributed by atoms with Crippen molar-refractivity contribution in [3.05, 3.63) is 29.6 Å². The molecule has 0 spiro atoms. The van der Waals surface area contributed by atoms with E-state index in [4.69, 9.17) is 0 Å². The van der Waals surface area contributed by atoms with E-state index < -0.39 is 17.6 Å². The van der Waals surface area contributed by atoms with Crippen LogP contribution >= 0.6 is 0 Å². The molecular formula is C13H17FN2O2. The van der Waals surface area contributed by atoms with E-state index in [1.54, 1.807) is 13.0 Å². The fraction of sp³-hybridized carbons (Fsp3) is 0.385. The summed E-state index contributed by atoms with van der Waals surface area (Å²) in [5.41, 5.74) is 0.750. The molecule has 2 amide bonds. The molecule has 0 atom stereocenters. The van der Waals surface area contributed by atoms with Crippen molar-refractivity contribution in [3.8, 4) is 0 Å². The molecule has 1 rings (SSSR count). The number of hydrogen-bond donors (Lipinski definition) is 2. The second-order valence-corrected chi connectivity index (χ2v) is 4.52. The molecule has 0 bridgehead atoms. The fourth-order valence-corrected chi connectivity index (χ4v) is 1.24. The van der Waals surface area contributed by atoms with Crippen molar-refractivity contribution in [1.29, 1.82) is 0 Å². The molecule has 0 saturated heterocycles. The lowest BCUT2D eigenvalue weighted by Crippen LogP contribution is -2.37. The number of carbonyl (C=O) groups excluding carboxylic acids is 2. The third-order valence-corrected chi connectivity index (χ3v) is 2.31. The van der Waals surface area contributed by atoms with Crippen LogP contribution in [0.15, 0.2) is 18.2 Å².